The minimum absolute atomic E-state index is 0.148. The molecule has 0 spiro atoms. The highest BCUT2D eigenvalue weighted by Gasteiger charge is 2.33. The highest BCUT2D eigenvalue weighted by Crippen LogP contribution is 2.24. The van der Waals surface area contributed by atoms with Gasteiger partial charge in [0.2, 0.25) is 0 Å². The number of hydrogen-bond acceptors (Lipinski definition) is 3. The molecule has 0 radical (unpaired) electrons. The predicted octanol–water partition coefficient (Wildman–Crippen LogP) is 2.59. The van der Waals surface area contributed by atoms with Crippen molar-refractivity contribution in [1.82, 2.24) is 4.90 Å². The fraction of sp³-hybridized carbons (Fsp3) is 0.647. The summed E-state index contributed by atoms with van der Waals surface area (Å²) in [5.41, 5.74) is 6.54. The Morgan fingerprint density at radius 3 is 2.76 bits per heavy atom. The van der Waals surface area contributed by atoms with E-state index in [2.05, 4.69) is 18.7 Å². The smallest absolute Gasteiger partial charge is 0.126 e. The minimum atomic E-state index is -0.247. The maximum atomic E-state index is 13.9. The third kappa shape index (κ3) is 4.02. The van der Waals surface area contributed by atoms with Gasteiger partial charge in [0.1, 0.15) is 5.82 Å². The van der Waals surface area contributed by atoms with E-state index in [1.54, 1.807) is 6.07 Å². The SMILES string of the molecule is CCN(CC1CCCO1)C(C)(CN)Cc1ccccc1F. The summed E-state index contributed by atoms with van der Waals surface area (Å²) in [5, 5.41) is 0. The maximum Gasteiger partial charge on any atom is 0.126 e. The van der Waals surface area contributed by atoms with Crippen molar-refractivity contribution in [2.45, 2.75) is 44.8 Å². The first-order valence-corrected chi connectivity index (χ1v) is 7.89. The van der Waals surface area contributed by atoms with Crippen molar-refractivity contribution in [3.8, 4) is 0 Å². The molecule has 0 saturated carbocycles. The van der Waals surface area contributed by atoms with Crippen molar-refractivity contribution in [2.75, 3.05) is 26.2 Å². The second-order valence-corrected chi connectivity index (χ2v) is 6.14. The Morgan fingerprint density at radius 1 is 1.43 bits per heavy atom. The summed E-state index contributed by atoms with van der Waals surface area (Å²) in [6.45, 7) is 7.37. The van der Waals surface area contributed by atoms with Gasteiger partial charge in [-0.15, -0.1) is 0 Å². The first kappa shape index (κ1) is 16.4. The van der Waals surface area contributed by atoms with Crippen LogP contribution >= 0.6 is 0 Å². The maximum absolute atomic E-state index is 13.9. The summed E-state index contributed by atoms with van der Waals surface area (Å²) in [7, 11) is 0. The van der Waals surface area contributed by atoms with Crippen molar-refractivity contribution in [2.24, 2.45) is 5.73 Å². The van der Waals surface area contributed by atoms with Gasteiger partial charge in [0.05, 0.1) is 6.10 Å². The van der Waals surface area contributed by atoms with Crippen LogP contribution in [0.5, 0.6) is 0 Å². The number of ether oxygens (including phenoxy) is 1. The van der Waals surface area contributed by atoms with Gasteiger partial charge in [0.25, 0.3) is 0 Å². The molecule has 4 heteroatoms. The molecule has 2 atom stereocenters. The molecule has 0 amide bonds. The first-order valence-electron chi connectivity index (χ1n) is 7.89. The average Bonchev–Trinajstić information content (AvgIpc) is 3.00. The van der Waals surface area contributed by atoms with Crippen LogP contribution in [0.25, 0.3) is 0 Å². The van der Waals surface area contributed by atoms with E-state index in [9.17, 15) is 4.39 Å². The van der Waals surface area contributed by atoms with Crippen LogP contribution in [0.4, 0.5) is 4.39 Å². The largest absolute Gasteiger partial charge is 0.377 e. The summed E-state index contributed by atoms with van der Waals surface area (Å²) in [6.07, 6.45) is 3.15. The van der Waals surface area contributed by atoms with E-state index in [4.69, 9.17) is 10.5 Å². The van der Waals surface area contributed by atoms with E-state index in [0.717, 1.165) is 38.1 Å². The molecule has 3 nitrogen and oxygen atoms in total. The molecule has 1 aromatic carbocycles. The van der Waals surface area contributed by atoms with Crippen LogP contribution < -0.4 is 5.73 Å². The molecule has 2 unspecified atom stereocenters. The van der Waals surface area contributed by atoms with Crippen molar-refractivity contribution in [1.29, 1.82) is 0 Å². The van der Waals surface area contributed by atoms with Gasteiger partial charge in [-0.2, -0.15) is 0 Å². The summed E-state index contributed by atoms with van der Waals surface area (Å²) < 4.78 is 19.7. The normalized spacial score (nSPS) is 21.7. The zero-order chi connectivity index (χ0) is 15.3. The molecule has 1 aliphatic heterocycles. The molecular weight excluding hydrogens is 267 g/mol. The zero-order valence-electron chi connectivity index (χ0n) is 13.1. The summed E-state index contributed by atoms with van der Waals surface area (Å²) in [5.74, 6) is -0.148. The lowest BCUT2D eigenvalue weighted by molar-refractivity contribution is 0.0306. The van der Waals surface area contributed by atoms with E-state index in [1.807, 2.05) is 12.1 Å². The number of nitrogens with two attached hydrogens (primary N) is 1. The van der Waals surface area contributed by atoms with Crippen LogP contribution in [0.15, 0.2) is 24.3 Å². The number of hydrogen-bond donors (Lipinski definition) is 1. The molecule has 1 aromatic rings. The summed E-state index contributed by atoms with van der Waals surface area (Å²) in [4.78, 5) is 2.34. The molecular formula is C17H27FN2O. The molecule has 2 rings (SSSR count). The van der Waals surface area contributed by atoms with E-state index in [1.165, 1.54) is 6.07 Å². The quantitative estimate of drug-likeness (QED) is 0.840. The lowest BCUT2D eigenvalue weighted by Gasteiger charge is -2.41. The van der Waals surface area contributed by atoms with Crippen LogP contribution in [-0.4, -0.2) is 42.8 Å². The lowest BCUT2D eigenvalue weighted by atomic mass is 9.90. The molecule has 118 valence electrons. The van der Waals surface area contributed by atoms with Crippen LogP contribution in [0.3, 0.4) is 0 Å². The Morgan fingerprint density at radius 2 is 2.19 bits per heavy atom. The van der Waals surface area contributed by atoms with E-state index >= 15 is 0 Å². The van der Waals surface area contributed by atoms with Crippen molar-refractivity contribution >= 4 is 0 Å². The molecule has 0 bridgehead atoms. The Hall–Kier alpha value is -0.970. The predicted molar refractivity (Wildman–Crippen MR) is 83.8 cm³/mol. The molecule has 1 fully saturated rings. The highest BCUT2D eigenvalue weighted by molar-refractivity contribution is 5.20. The van der Waals surface area contributed by atoms with Gasteiger partial charge in [-0.1, -0.05) is 25.1 Å². The van der Waals surface area contributed by atoms with Crippen LogP contribution in [-0.2, 0) is 11.2 Å². The van der Waals surface area contributed by atoms with Crippen LogP contribution in [0.2, 0.25) is 0 Å². The number of halogens is 1. The second-order valence-electron chi connectivity index (χ2n) is 6.14. The van der Waals surface area contributed by atoms with Crippen molar-refractivity contribution in [3.63, 3.8) is 0 Å². The molecule has 1 heterocycles. The third-order valence-corrected chi connectivity index (χ3v) is 4.56. The van der Waals surface area contributed by atoms with Crippen LogP contribution in [0, 0.1) is 5.82 Å². The monoisotopic (exact) mass is 294 g/mol. The Kier molecular flexibility index (Phi) is 5.73. The zero-order valence-corrected chi connectivity index (χ0v) is 13.1. The lowest BCUT2D eigenvalue weighted by Crippen LogP contribution is -2.55. The number of rotatable bonds is 7. The number of benzene rings is 1. The van der Waals surface area contributed by atoms with Gasteiger partial charge in [-0.05, 0) is 44.4 Å². The fourth-order valence-corrected chi connectivity index (χ4v) is 3.13. The van der Waals surface area contributed by atoms with E-state index in [0.29, 0.717) is 13.0 Å². The van der Waals surface area contributed by atoms with E-state index in [-0.39, 0.29) is 17.5 Å². The van der Waals surface area contributed by atoms with Crippen molar-refractivity contribution < 1.29 is 9.13 Å². The van der Waals surface area contributed by atoms with Gasteiger partial charge in [-0.25, -0.2) is 4.39 Å². The van der Waals surface area contributed by atoms with Crippen LogP contribution in [0.1, 0.15) is 32.3 Å². The Balaban J connectivity index is 2.11. The average molecular weight is 294 g/mol. The van der Waals surface area contributed by atoms with Crippen molar-refractivity contribution in [3.05, 3.63) is 35.6 Å². The number of nitrogens with zero attached hydrogens (tertiary/aromatic N) is 1. The van der Waals surface area contributed by atoms with Gasteiger partial charge < -0.3 is 10.5 Å². The molecule has 1 saturated heterocycles. The molecule has 21 heavy (non-hydrogen) atoms. The first-order chi connectivity index (χ1) is 10.1. The summed E-state index contributed by atoms with van der Waals surface area (Å²) >= 11 is 0. The highest BCUT2D eigenvalue weighted by atomic mass is 19.1. The second kappa shape index (κ2) is 7.34. The summed E-state index contributed by atoms with van der Waals surface area (Å²) in [6, 6.07) is 6.97. The van der Waals surface area contributed by atoms with Gasteiger partial charge in [0, 0.05) is 25.2 Å². The third-order valence-electron chi connectivity index (χ3n) is 4.56. The fourth-order valence-electron chi connectivity index (χ4n) is 3.13. The topological polar surface area (TPSA) is 38.5 Å². The van der Waals surface area contributed by atoms with Gasteiger partial charge >= 0.3 is 0 Å². The minimum Gasteiger partial charge on any atom is -0.377 e. The van der Waals surface area contributed by atoms with Gasteiger partial charge in [-0.3, -0.25) is 4.90 Å². The Labute approximate surface area is 127 Å². The molecule has 1 aliphatic rings. The molecule has 0 aliphatic carbocycles. The standard InChI is InChI=1S/C17H27FN2O/c1-3-20(12-15-8-6-10-21-15)17(2,13-19)11-14-7-4-5-9-16(14)18/h4-5,7,9,15H,3,6,8,10-13,19H2,1-2H3. The molecule has 0 aromatic heterocycles. The molecule has 2 N–H and O–H groups in total. The van der Waals surface area contributed by atoms with Gasteiger partial charge in [0.15, 0.2) is 0 Å². The number of likely N-dealkylation sites (N-methyl/N-ethyl adjacent to an activating group) is 1. The Bertz CT molecular complexity index is 448. The van der Waals surface area contributed by atoms with E-state index < -0.39 is 0 Å².